The van der Waals surface area contributed by atoms with E-state index in [1.54, 1.807) is 24.3 Å². The van der Waals surface area contributed by atoms with E-state index in [2.05, 4.69) is 10.6 Å². The molecule has 0 aromatic heterocycles. The zero-order valence-corrected chi connectivity index (χ0v) is 11.1. The molecule has 1 aromatic rings. The van der Waals surface area contributed by atoms with E-state index < -0.39 is 0 Å². The Kier molecular flexibility index (Phi) is 5.52. The second kappa shape index (κ2) is 6.91. The van der Waals surface area contributed by atoms with Crippen LogP contribution in [0.3, 0.4) is 0 Å². The van der Waals surface area contributed by atoms with Gasteiger partial charge in [-0.3, -0.25) is 9.59 Å². The molecule has 1 rings (SSSR count). The normalized spacial score (nSPS) is 10.4. The molecule has 0 spiro atoms. The molecule has 98 valence electrons. The van der Waals surface area contributed by atoms with Crippen LogP contribution in [0.1, 0.15) is 37.6 Å². The van der Waals surface area contributed by atoms with Gasteiger partial charge >= 0.3 is 0 Å². The highest BCUT2D eigenvalue weighted by Gasteiger charge is 2.03. The summed E-state index contributed by atoms with van der Waals surface area (Å²) in [4.78, 5) is 22.7. The minimum Gasteiger partial charge on any atom is -0.326 e. The fourth-order valence-electron chi connectivity index (χ4n) is 1.49. The summed E-state index contributed by atoms with van der Waals surface area (Å²) < 4.78 is 0. The fraction of sp³-hybridized carbons (Fsp3) is 0.429. The van der Waals surface area contributed by atoms with Gasteiger partial charge in [0.25, 0.3) is 0 Å². The van der Waals surface area contributed by atoms with E-state index in [4.69, 9.17) is 0 Å². The first-order chi connectivity index (χ1) is 8.49. The molecular weight excluding hydrogens is 228 g/mol. The molecule has 0 atom stereocenters. The lowest BCUT2D eigenvalue weighted by Gasteiger charge is -2.08. The Balaban J connectivity index is 2.42. The van der Waals surface area contributed by atoms with E-state index in [1.807, 2.05) is 13.8 Å². The van der Waals surface area contributed by atoms with Crippen LogP contribution >= 0.6 is 0 Å². The van der Waals surface area contributed by atoms with Gasteiger partial charge in [0.05, 0.1) is 0 Å². The van der Waals surface area contributed by atoms with Crippen molar-refractivity contribution in [2.45, 2.75) is 33.2 Å². The highest BCUT2D eigenvalue weighted by molar-refractivity contribution is 5.95. The van der Waals surface area contributed by atoms with Crippen molar-refractivity contribution < 1.29 is 9.59 Å². The maximum absolute atomic E-state index is 11.6. The summed E-state index contributed by atoms with van der Waals surface area (Å²) >= 11 is 0. The topological polar surface area (TPSA) is 58.2 Å². The zero-order chi connectivity index (χ0) is 13.5. The number of amides is 1. The van der Waals surface area contributed by atoms with Gasteiger partial charge in [-0.25, -0.2) is 0 Å². The molecule has 0 radical (unpaired) electrons. The number of Topliss-reactive ketones (excluding diaryl/α,β-unsaturated/α-hetero) is 1. The second-order valence-electron chi connectivity index (χ2n) is 4.54. The second-order valence-corrected chi connectivity index (χ2v) is 4.54. The quantitative estimate of drug-likeness (QED) is 0.759. The van der Waals surface area contributed by atoms with Crippen molar-refractivity contribution in [2.24, 2.45) is 0 Å². The van der Waals surface area contributed by atoms with Crippen LogP contribution < -0.4 is 10.6 Å². The average molecular weight is 248 g/mol. The van der Waals surface area contributed by atoms with Gasteiger partial charge in [-0.05, 0) is 31.2 Å². The van der Waals surface area contributed by atoms with E-state index in [0.29, 0.717) is 24.6 Å². The Bertz CT molecular complexity index is 410. The van der Waals surface area contributed by atoms with Crippen LogP contribution in [-0.4, -0.2) is 24.3 Å². The van der Waals surface area contributed by atoms with Crippen molar-refractivity contribution >= 4 is 17.4 Å². The summed E-state index contributed by atoms with van der Waals surface area (Å²) in [5.41, 5.74) is 1.36. The molecule has 18 heavy (non-hydrogen) atoms. The van der Waals surface area contributed by atoms with Crippen LogP contribution in [-0.2, 0) is 4.79 Å². The van der Waals surface area contributed by atoms with Crippen LogP contribution in [0, 0.1) is 0 Å². The van der Waals surface area contributed by atoms with Crippen molar-refractivity contribution in [3.63, 3.8) is 0 Å². The highest BCUT2D eigenvalue weighted by atomic mass is 16.1. The molecule has 4 nitrogen and oxygen atoms in total. The molecular formula is C14H20N2O2. The fourth-order valence-corrected chi connectivity index (χ4v) is 1.49. The molecule has 1 aromatic carbocycles. The van der Waals surface area contributed by atoms with E-state index in [9.17, 15) is 9.59 Å². The first-order valence-electron chi connectivity index (χ1n) is 6.13. The number of rotatable bonds is 6. The van der Waals surface area contributed by atoms with Gasteiger partial charge < -0.3 is 10.6 Å². The van der Waals surface area contributed by atoms with Crippen LogP contribution in [0.5, 0.6) is 0 Å². The zero-order valence-electron chi connectivity index (χ0n) is 11.1. The first-order valence-corrected chi connectivity index (χ1v) is 6.13. The lowest BCUT2D eigenvalue weighted by Crippen LogP contribution is -2.27. The molecule has 0 aliphatic rings. The van der Waals surface area contributed by atoms with Gasteiger partial charge in [0.2, 0.25) is 5.91 Å². The summed E-state index contributed by atoms with van der Waals surface area (Å²) in [7, 11) is 0. The summed E-state index contributed by atoms with van der Waals surface area (Å²) in [6, 6.07) is 7.29. The third-order valence-corrected chi connectivity index (χ3v) is 2.48. The van der Waals surface area contributed by atoms with Crippen LogP contribution in [0.15, 0.2) is 24.3 Å². The molecule has 0 saturated heterocycles. The SMILES string of the molecule is CC(=O)c1ccc(NC(=O)CCNC(C)C)cc1. The lowest BCUT2D eigenvalue weighted by atomic mass is 10.1. The minimum atomic E-state index is -0.0290. The summed E-state index contributed by atoms with van der Waals surface area (Å²) in [6.07, 6.45) is 0.437. The Morgan fingerprint density at radius 2 is 1.78 bits per heavy atom. The van der Waals surface area contributed by atoms with E-state index in [1.165, 1.54) is 6.92 Å². The monoisotopic (exact) mass is 248 g/mol. The lowest BCUT2D eigenvalue weighted by molar-refractivity contribution is -0.116. The van der Waals surface area contributed by atoms with Gasteiger partial charge in [0.1, 0.15) is 0 Å². The summed E-state index contributed by atoms with van der Waals surface area (Å²) in [5, 5.41) is 5.97. The number of ketones is 1. The third-order valence-electron chi connectivity index (χ3n) is 2.48. The summed E-state index contributed by atoms with van der Waals surface area (Å²) in [5.74, 6) is -0.00673. The first kappa shape index (κ1) is 14.4. The number of carbonyl (C=O) groups is 2. The standard InChI is InChI=1S/C14H20N2O2/c1-10(2)15-9-8-14(18)16-13-6-4-12(5-7-13)11(3)17/h4-7,10,15H,8-9H2,1-3H3,(H,16,18). The molecule has 4 heteroatoms. The average Bonchev–Trinajstić information content (AvgIpc) is 2.29. The highest BCUT2D eigenvalue weighted by Crippen LogP contribution is 2.10. The Morgan fingerprint density at radius 3 is 2.28 bits per heavy atom. The Hall–Kier alpha value is -1.68. The molecule has 1 amide bonds. The number of benzene rings is 1. The van der Waals surface area contributed by atoms with Gasteiger partial charge in [0, 0.05) is 30.3 Å². The van der Waals surface area contributed by atoms with Gasteiger partial charge in [-0.2, -0.15) is 0 Å². The largest absolute Gasteiger partial charge is 0.326 e. The van der Waals surface area contributed by atoms with Gasteiger partial charge in [-0.1, -0.05) is 13.8 Å². The number of anilines is 1. The van der Waals surface area contributed by atoms with Crippen molar-refractivity contribution in [2.75, 3.05) is 11.9 Å². The maximum atomic E-state index is 11.6. The van der Waals surface area contributed by atoms with Gasteiger partial charge in [0.15, 0.2) is 5.78 Å². The number of carbonyl (C=O) groups excluding carboxylic acids is 2. The molecule has 0 heterocycles. The minimum absolute atomic E-state index is 0.0222. The predicted octanol–water partition coefficient (Wildman–Crippen LogP) is 2.22. The molecule has 0 fully saturated rings. The number of nitrogens with one attached hydrogen (secondary N) is 2. The van der Waals surface area contributed by atoms with Crippen molar-refractivity contribution in [3.8, 4) is 0 Å². The van der Waals surface area contributed by atoms with Crippen molar-refractivity contribution in [1.29, 1.82) is 0 Å². The van der Waals surface area contributed by atoms with E-state index >= 15 is 0 Å². The molecule has 2 N–H and O–H groups in total. The van der Waals surface area contributed by atoms with E-state index in [-0.39, 0.29) is 11.7 Å². The molecule has 0 bridgehead atoms. The number of hydrogen-bond acceptors (Lipinski definition) is 3. The number of hydrogen-bond donors (Lipinski definition) is 2. The van der Waals surface area contributed by atoms with Crippen LogP contribution in [0.2, 0.25) is 0 Å². The third kappa shape index (κ3) is 5.10. The maximum Gasteiger partial charge on any atom is 0.225 e. The molecule has 0 aliphatic heterocycles. The Labute approximate surface area is 108 Å². The molecule has 0 aliphatic carbocycles. The van der Waals surface area contributed by atoms with Crippen LogP contribution in [0.4, 0.5) is 5.69 Å². The predicted molar refractivity (Wildman–Crippen MR) is 72.8 cm³/mol. The van der Waals surface area contributed by atoms with E-state index in [0.717, 1.165) is 5.69 Å². The smallest absolute Gasteiger partial charge is 0.225 e. The van der Waals surface area contributed by atoms with Crippen LogP contribution in [0.25, 0.3) is 0 Å². The van der Waals surface area contributed by atoms with Crippen molar-refractivity contribution in [1.82, 2.24) is 5.32 Å². The van der Waals surface area contributed by atoms with Gasteiger partial charge in [-0.15, -0.1) is 0 Å². The molecule has 0 saturated carbocycles. The molecule has 0 unspecified atom stereocenters. The van der Waals surface area contributed by atoms with Crippen molar-refractivity contribution in [3.05, 3.63) is 29.8 Å². The Morgan fingerprint density at radius 1 is 1.17 bits per heavy atom. The summed E-state index contributed by atoms with van der Waals surface area (Å²) in [6.45, 7) is 6.26.